The second-order valence-electron chi connectivity index (χ2n) is 5.25. The molecule has 1 fully saturated rings. The summed E-state index contributed by atoms with van der Waals surface area (Å²) in [6.07, 6.45) is 2.53. The Morgan fingerprint density at radius 2 is 2.15 bits per heavy atom. The fraction of sp³-hybridized carbons (Fsp3) is 0.500. The SMILES string of the molecule is CN(CCOCC1CC1)C(=O)C(C#N)c1ccccc1. The first kappa shape index (κ1) is 14.5. The number of rotatable bonds is 7. The summed E-state index contributed by atoms with van der Waals surface area (Å²) in [5.41, 5.74) is 0.741. The van der Waals surface area contributed by atoms with Gasteiger partial charge in [-0.15, -0.1) is 0 Å². The largest absolute Gasteiger partial charge is 0.379 e. The van der Waals surface area contributed by atoms with E-state index >= 15 is 0 Å². The Morgan fingerprint density at radius 1 is 1.45 bits per heavy atom. The summed E-state index contributed by atoms with van der Waals surface area (Å²) in [6.45, 7) is 1.85. The highest BCUT2D eigenvalue weighted by Gasteiger charge is 2.24. The second kappa shape index (κ2) is 7.06. The first-order chi connectivity index (χ1) is 9.72. The van der Waals surface area contributed by atoms with E-state index in [1.165, 1.54) is 12.8 Å². The van der Waals surface area contributed by atoms with Crippen molar-refractivity contribution in [1.29, 1.82) is 5.26 Å². The predicted octanol–water partition coefficient (Wildman–Crippen LogP) is 2.18. The lowest BCUT2D eigenvalue weighted by molar-refractivity contribution is -0.130. The molecule has 1 amide bonds. The highest BCUT2D eigenvalue weighted by Crippen LogP contribution is 2.28. The van der Waals surface area contributed by atoms with Crippen LogP contribution in [-0.4, -0.2) is 37.6 Å². The van der Waals surface area contributed by atoms with E-state index in [-0.39, 0.29) is 5.91 Å². The minimum absolute atomic E-state index is 0.172. The van der Waals surface area contributed by atoms with Crippen LogP contribution in [0.1, 0.15) is 24.3 Å². The summed E-state index contributed by atoms with van der Waals surface area (Å²) in [7, 11) is 1.72. The number of nitrogens with zero attached hydrogens (tertiary/aromatic N) is 2. The Hall–Kier alpha value is -1.86. The van der Waals surface area contributed by atoms with Crippen LogP contribution in [-0.2, 0) is 9.53 Å². The highest BCUT2D eigenvalue weighted by atomic mass is 16.5. The Bertz CT molecular complexity index is 477. The first-order valence-corrected chi connectivity index (χ1v) is 6.99. The fourth-order valence-corrected chi connectivity index (χ4v) is 1.98. The van der Waals surface area contributed by atoms with Crippen molar-refractivity contribution in [3.05, 3.63) is 35.9 Å². The van der Waals surface area contributed by atoms with E-state index in [0.29, 0.717) is 13.2 Å². The molecule has 1 aromatic rings. The van der Waals surface area contributed by atoms with Crippen LogP contribution in [0, 0.1) is 17.2 Å². The molecule has 1 saturated carbocycles. The van der Waals surface area contributed by atoms with Crippen LogP contribution < -0.4 is 0 Å². The Kier molecular flexibility index (Phi) is 5.14. The molecule has 1 atom stereocenters. The van der Waals surface area contributed by atoms with Gasteiger partial charge in [-0.3, -0.25) is 4.79 Å². The second-order valence-corrected chi connectivity index (χ2v) is 5.25. The van der Waals surface area contributed by atoms with Crippen LogP contribution in [0.25, 0.3) is 0 Å². The quantitative estimate of drug-likeness (QED) is 0.715. The molecule has 0 radical (unpaired) electrons. The van der Waals surface area contributed by atoms with Crippen molar-refractivity contribution < 1.29 is 9.53 Å². The molecule has 0 saturated heterocycles. The maximum Gasteiger partial charge on any atom is 0.244 e. The Labute approximate surface area is 120 Å². The number of carbonyl (C=O) groups is 1. The summed E-state index contributed by atoms with van der Waals surface area (Å²) in [4.78, 5) is 13.8. The van der Waals surface area contributed by atoms with Crippen LogP contribution in [0.4, 0.5) is 0 Å². The number of hydrogen-bond acceptors (Lipinski definition) is 3. The van der Waals surface area contributed by atoms with Gasteiger partial charge in [0.1, 0.15) is 5.92 Å². The standard InChI is InChI=1S/C16H20N2O2/c1-18(9-10-20-12-13-7-8-13)16(19)15(11-17)14-5-3-2-4-6-14/h2-6,13,15H,7-10,12H2,1H3. The van der Waals surface area contributed by atoms with Gasteiger partial charge in [0.2, 0.25) is 5.91 Å². The number of ether oxygens (including phenoxy) is 1. The van der Waals surface area contributed by atoms with Crippen molar-refractivity contribution >= 4 is 5.91 Å². The van der Waals surface area contributed by atoms with Gasteiger partial charge in [0, 0.05) is 20.2 Å². The fourth-order valence-electron chi connectivity index (χ4n) is 1.98. The molecule has 4 heteroatoms. The molecule has 0 bridgehead atoms. The van der Waals surface area contributed by atoms with Gasteiger partial charge in [-0.05, 0) is 24.3 Å². The smallest absolute Gasteiger partial charge is 0.244 e. The van der Waals surface area contributed by atoms with E-state index in [4.69, 9.17) is 4.74 Å². The molecule has 0 spiro atoms. The normalized spacial score (nSPS) is 15.4. The molecular formula is C16H20N2O2. The lowest BCUT2D eigenvalue weighted by atomic mass is 9.99. The van der Waals surface area contributed by atoms with Gasteiger partial charge in [0.05, 0.1) is 12.7 Å². The monoisotopic (exact) mass is 272 g/mol. The highest BCUT2D eigenvalue weighted by molar-refractivity contribution is 5.86. The molecule has 0 heterocycles. The number of nitriles is 1. The maximum absolute atomic E-state index is 12.3. The molecule has 20 heavy (non-hydrogen) atoms. The van der Waals surface area contributed by atoms with Crippen molar-refractivity contribution in [2.45, 2.75) is 18.8 Å². The average Bonchev–Trinajstić information content (AvgIpc) is 3.29. The molecule has 0 aliphatic heterocycles. The molecule has 1 aromatic carbocycles. The third-order valence-electron chi connectivity index (χ3n) is 3.51. The summed E-state index contributed by atoms with van der Waals surface area (Å²) >= 11 is 0. The number of benzene rings is 1. The molecule has 0 aromatic heterocycles. The minimum atomic E-state index is -0.732. The third kappa shape index (κ3) is 4.07. The molecule has 2 rings (SSSR count). The third-order valence-corrected chi connectivity index (χ3v) is 3.51. The summed E-state index contributed by atoms with van der Waals surface area (Å²) in [5.74, 6) is -0.175. The molecule has 1 aliphatic rings. The Morgan fingerprint density at radius 3 is 2.75 bits per heavy atom. The van der Waals surface area contributed by atoms with E-state index in [1.54, 1.807) is 11.9 Å². The van der Waals surface area contributed by atoms with Gasteiger partial charge >= 0.3 is 0 Å². The van der Waals surface area contributed by atoms with Gasteiger partial charge in [-0.1, -0.05) is 30.3 Å². The van der Waals surface area contributed by atoms with Crippen LogP contribution in [0.2, 0.25) is 0 Å². The van der Waals surface area contributed by atoms with Crippen molar-refractivity contribution in [3.63, 3.8) is 0 Å². The maximum atomic E-state index is 12.3. The lowest BCUT2D eigenvalue weighted by Crippen LogP contribution is -2.34. The zero-order chi connectivity index (χ0) is 14.4. The lowest BCUT2D eigenvalue weighted by Gasteiger charge is -2.20. The molecule has 4 nitrogen and oxygen atoms in total. The Balaban J connectivity index is 1.82. The van der Waals surface area contributed by atoms with E-state index in [0.717, 1.165) is 18.1 Å². The van der Waals surface area contributed by atoms with Gasteiger partial charge in [-0.25, -0.2) is 0 Å². The van der Waals surface area contributed by atoms with Gasteiger partial charge in [0.15, 0.2) is 0 Å². The van der Waals surface area contributed by atoms with Gasteiger partial charge in [0.25, 0.3) is 0 Å². The summed E-state index contributed by atoms with van der Waals surface area (Å²) in [5, 5.41) is 9.22. The molecule has 106 valence electrons. The van der Waals surface area contributed by atoms with E-state index in [2.05, 4.69) is 6.07 Å². The van der Waals surface area contributed by atoms with Crippen molar-refractivity contribution in [2.24, 2.45) is 5.92 Å². The molecule has 1 aliphatic carbocycles. The van der Waals surface area contributed by atoms with E-state index in [1.807, 2.05) is 30.3 Å². The van der Waals surface area contributed by atoms with Crippen LogP contribution in [0.3, 0.4) is 0 Å². The first-order valence-electron chi connectivity index (χ1n) is 6.99. The minimum Gasteiger partial charge on any atom is -0.379 e. The molecule has 0 N–H and O–H groups in total. The molecular weight excluding hydrogens is 252 g/mol. The van der Waals surface area contributed by atoms with Gasteiger partial charge < -0.3 is 9.64 Å². The summed E-state index contributed by atoms with van der Waals surface area (Å²) < 4.78 is 5.52. The van der Waals surface area contributed by atoms with Crippen molar-refractivity contribution in [3.8, 4) is 6.07 Å². The zero-order valence-electron chi connectivity index (χ0n) is 11.8. The topological polar surface area (TPSA) is 53.3 Å². The van der Waals surface area contributed by atoms with Crippen LogP contribution in [0.15, 0.2) is 30.3 Å². The van der Waals surface area contributed by atoms with Crippen molar-refractivity contribution in [1.82, 2.24) is 4.90 Å². The average molecular weight is 272 g/mol. The number of amides is 1. The van der Waals surface area contributed by atoms with E-state index < -0.39 is 5.92 Å². The van der Waals surface area contributed by atoms with Gasteiger partial charge in [-0.2, -0.15) is 5.26 Å². The van der Waals surface area contributed by atoms with Crippen molar-refractivity contribution in [2.75, 3.05) is 26.8 Å². The summed E-state index contributed by atoms with van der Waals surface area (Å²) in [6, 6.07) is 11.3. The van der Waals surface area contributed by atoms with Crippen LogP contribution >= 0.6 is 0 Å². The number of carbonyl (C=O) groups excluding carboxylic acids is 1. The predicted molar refractivity (Wildman–Crippen MR) is 76.0 cm³/mol. The molecule has 1 unspecified atom stereocenters. The number of hydrogen-bond donors (Lipinski definition) is 0. The zero-order valence-corrected chi connectivity index (χ0v) is 11.8. The van der Waals surface area contributed by atoms with E-state index in [9.17, 15) is 10.1 Å². The number of likely N-dealkylation sites (N-methyl/N-ethyl adjacent to an activating group) is 1. The van der Waals surface area contributed by atoms with Crippen LogP contribution in [0.5, 0.6) is 0 Å².